The van der Waals surface area contributed by atoms with E-state index >= 15 is 0 Å². The molecule has 0 spiro atoms. The van der Waals surface area contributed by atoms with Crippen molar-refractivity contribution in [2.24, 2.45) is 5.92 Å². The molecule has 0 atom stereocenters. The minimum Gasteiger partial charge on any atom is -0.500 e. The number of fused-ring (bicyclic) bond motifs is 4. The molecular weight excluding hydrogens is 915 g/mol. The van der Waals surface area contributed by atoms with Crippen molar-refractivity contribution in [1.82, 2.24) is 9.97 Å². The molecular formula is C53H51IrN3OSi-2. The summed E-state index contributed by atoms with van der Waals surface area (Å²) in [5.74, 6) is 1.19. The van der Waals surface area contributed by atoms with Crippen molar-refractivity contribution in [3.63, 3.8) is 0 Å². The molecule has 8 aromatic rings. The summed E-state index contributed by atoms with van der Waals surface area (Å²) in [6.45, 7) is 16.4. The second kappa shape index (κ2) is 17.2. The van der Waals surface area contributed by atoms with Crippen LogP contribution in [0.25, 0.3) is 66.4 Å². The fourth-order valence-electron chi connectivity index (χ4n) is 8.91. The van der Waals surface area contributed by atoms with E-state index in [-0.39, 0.29) is 25.5 Å². The number of furan rings is 1. The maximum Gasteiger partial charge on any atom is 0.128 e. The smallest absolute Gasteiger partial charge is 0.128 e. The van der Waals surface area contributed by atoms with Crippen molar-refractivity contribution in [2.75, 3.05) is 0 Å². The molecule has 0 aliphatic heterocycles. The zero-order valence-electron chi connectivity index (χ0n) is 35.1. The maximum absolute atomic E-state index is 9.91. The van der Waals surface area contributed by atoms with E-state index in [0.29, 0.717) is 23.0 Å². The first-order valence-corrected chi connectivity index (χ1v) is 24.2. The van der Waals surface area contributed by atoms with Crippen LogP contribution in [0.2, 0.25) is 19.6 Å². The second-order valence-electron chi connectivity index (χ2n) is 17.7. The van der Waals surface area contributed by atoms with Gasteiger partial charge < -0.3 is 14.4 Å². The van der Waals surface area contributed by atoms with Gasteiger partial charge in [0.15, 0.2) is 0 Å². The number of rotatable bonds is 7. The molecule has 4 nitrogen and oxygen atoms in total. The van der Waals surface area contributed by atoms with Gasteiger partial charge in [-0.3, -0.25) is 0 Å². The molecule has 6 heteroatoms. The maximum atomic E-state index is 9.91. The molecule has 0 saturated heterocycles. The van der Waals surface area contributed by atoms with E-state index in [4.69, 9.17) is 14.4 Å². The fraction of sp³-hybridized carbons (Fsp3) is 0.264. The zero-order chi connectivity index (χ0) is 40.6. The Balaban J connectivity index is 0.000000192. The Bertz CT molecular complexity index is 2800. The molecule has 1 aliphatic carbocycles. The Morgan fingerprint density at radius 2 is 1.51 bits per heavy atom. The molecule has 1 aliphatic rings. The largest absolute Gasteiger partial charge is 0.500 e. The van der Waals surface area contributed by atoms with Crippen molar-refractivity contribution in [1.29, 1.82) is 5.26 Å². The van der Waals surface area contributed by atoms with Crippen LogP contribution in [0, 0.1) is 29.4 Å². The van der Waals surface area contributed by atoms with Crippen LogP contribution in [0.3, 0.4) is 0 Å². The van der Waals surface area contributed by atoms with Crippen molar-refractivity contribution in [3.05, 3.63) is 150 Å². The van der Waals surface area contributed by atoms with Gasteiger partial charge in [-0.15, -0.1) is 41.3 Å². The summed E-state index contributed by atoms with van der Waals surface area (Å²) < 4.78 is 6.57. The molecule has 299 valence electrons. The third-order valence-electron chi connectivity index (χ3n) is 12.3. The summed E-state index contributed by atoms with van der Waals surface area (Å²) in [6, 6.07) is 46.4. The predicted octanol–water partition coefficient (Wildman–Crippen LogP) is 13.8. The average molecular weight is 966 g/mol. The third kappa shape index (κ3) is 8.22. The van der Waals surface area contributed by atoms with E-state index in [1.54, 1.807) is 6.07 Å². The van der Waals surface area contributed by atoms with Crippen LogP contribution in [0.1, 0.15) is 76.0 Å². The molecule has 1 fully saturated rings. The van der Waals surface area contributed by atoms with E-state index in [1.165, 1.54) is 52.8 Å². The molecule has 1 saturated carbocycles. The molecule has 0 unspecified atom stereocenters. The Labute approximate surface area is 364 Å². The molecule has 59 heavy (non-hydrogen) atoms. The van der Waals surface area contributed by atoms with Crippen molar-refractivity contribution in [3.8, 4) is 39.7 Å². The van der Waals surface area contributed by atoms with E-state index in [9.17, 15) is 5.26 Å². The van der Waals surface area contributed by atoms with E-state index in [0.717, 1.165) is 50.0 Å². The molecule has 0 amide bonds. The van der Waals surface area contributed by atoms with Gasteiger partial charge in [-0.1, -0.05) is 162 Å². The van der Waals surface area contributed by atoms with Gasteiger partial charge in [0.2, 0.25) is 0 Å². The van der Waals surface area contributed by atoms with Crippen LogP contribution in [-0.4, -0.2) is 18.0 Å². The molecule has 5 aromatic carbocycles. The van der Waals surface area contributed by atoms with Gasteiger partial charge in [-0.25, -0.2) is 5.26 Å². The number of aromatic nitrogens is 2. The number of para-hydroxylation sites is 1. The van der Waals surface area contributed by atoms with Gasteiger partial charge in [-0.2, -0.15) is 0 Å². The minimum absolute atomic E-state index is 0. The molecule has 3 aromatic heterocycles. The Kier molecular flexibility index (Phi) is 12.2. The average Bonchev–Trinajstić information content (AvgIpc) is 3.93. The standard InChI is InChI=1S/C32H27N2O.C21H24NSi.Ir/c1-32(2,23-11-6-7-12-23)24-17-18-34-28(19-24)26-16-15-22(20-33)29-27-14-8-13-25(30(27)35-31(26)29)21-9-4-3-5-10-21;1-15(2)19-13-20(22-14-21(19)23(3,4)5)18-12-8-10-16-9-6-7-11-17(16)18;/h3-5,8-10,13-15,17-19,23H,6-7,11-12H2,1-2H3;6-11,13-15H,1-5H3;/q2*-1;. The van der Waals surface area contributed by atoms with Gasteiger partial charge in [0.05, 0.1) is 13.7 Å². The summed E-state index contributed by atoms with van der Waals surface area (Å²) in [4.78, 5) is 9.54. The summed E-state index contributed by atoms with van der Waals surface area (Å²) in [7, 11) is -1.39. The van der Waals surface area contributed by atoms with Crippen LogP contribution in [0.5, 0.6) is 0 Å². The Morgan fingerprint density at radius 1 is 0.797 bits per heavy atom. The monoisotopic (exact) mass is 966 g/mol. The summed E-state index contributed by atoms with van der Waals surface area (Å²) in [6.07, 6.45) is 9.22. The minimum atomic E-state index is -1.39. The van der Waals surface area contributed by atoms with Crippen molar-refractivity contribution in [2.45, 2.75) is 84.4 Å². The van der Waals surface area contributed by atoms with Gasteiger partial charge in [0.25, 0.3) is 0 Å². The van der Waals surface area contributed by atoms with Crippen molar-refractivity contribution < 1.29 is 24.5 Å². The van der Waals surface area contributed by atoms with Crippen molar-refractivity contribution >= 4 is 46.0 Å². The van der Waals surface area contributed by atoms with E-state index in [1.807, 2.05) is 42.6 Å². The predicted molar refractivity (Wildman–Crippen MR) is 244 cm³/mol. The van der Waals surface area contributed by atoms with Gasteiger partial charge in [0.1, 0.15) is 5.58 Å². The first-order valence-electron chi connectivity index (χ1n) is 20.7. The number of nitriles is 1. The first kappa shape index (κ1) is 42.0. The quantitative estimate of drug-likeness (QED) is 0.118. The van der Waals surface area contributed by atoms with Crippen LogP contribution >= 0.6 is 0 Å². The van der Waals surface area contributed by atoms with Crippen LogP contribution in [-0.2, 0) is 25.5 Å². The summed E-state index contributed by atoms with van der Waals surface area (Å²) >= 11 is 0. The molecule has 0 bridgehead atoms. The number of nitrogens with zero attached hydrogens (tertiary/aromatic N) is 3. The first-order chi connectivity index (χ1) is 28.0. The molecule has 0 N–H and O–H groups in total. The van der Waals surface area contributed by atoms with Crippen LogP contribution in [0.15, 0.2) is 126 Å². The summed E-state index contributed by atoms with van der Waals surface area (Å²) in [5.41, 5.74) is 10.7. The Hall–Kier alpha value is -5.18. The van der Waals surface area contributed by atoms with E-state index < -0.39 is 8.07 Å². The Morgan fingerprint density at radius 3 is 2.24 bits per heavy atom. The van der Waals surface area contributed by atoms with Crippen LogP contribution < -0.4 is 5.19 Å². The van der Waals surface area contributed by atoms with Gasteiger partial charge >= 0.3 is 0 Å². The second-order valence-corrected chi connectivity index (χ2v) is 22.7. The van der Waals surface area contributed by atoms with Gasteiger partial charge in [0, 0.05) is 49.5 Å². The summed E-state index contributed by atoms with van der Waals surface area (Å²) in [5, 5.41) is 15.6. The van der Waals surface area contributed by atoms with Crippen LogP contribution in [0.4, 0.5) is 0 Å². The van der Waals surface area contributed by atoms with E-state index in [2.05, 4.69) is 138 Å². The number of benzene rings is 5. The topological polar surface area (TPSA) is 62.7 Å². The zero-order valence-corrected chi connectivity index (χ0v) is 38.5. The molecule has 3 heterocycles. The number of hydrogen-bond donors (Lipinski definition) is 0. The normalized spacial score (nSPS) is 13.3. The van der Waals surface area contributed by atoms with Gasteiger partial charge in [-0.05, 0) is 74.8 Å². The number of hydrogen-bond acceptors (Lipinski definition) is 4. The third-order valence-corrected chi connectivity index (χ3v) is 14.3. The number of pyridine rings is 2. The fourth-order valence-corrected chi connectivity index (χ4v) is 10.6. The molecule has 9 rings (SSSR count). The molecule has 1 radical (unpaired) electrons. The SMILES string of the molecule is CC(C)(c1ccnc(-c2[c-]cc(C#N)c3c2oc2c(-c4ccccc4)cccc23)c1)C1CCCC1.CC(C)c1cc(-c2[c-]ccc3ccccc23)ncc1[Si](C)(C)C.[Ir].